The van der Waals surface area contributed by atoms with Gasteiger partial charge in [-0.05, 0) is 93.6 Å². The summed E-state index contributed by atoms with van der Waals surface area (Å²) in [5.41, 5.74) is 3.47. The van der Waals surface area contributed by atoms with Gasteiger partial charge >= 0.3 is 6.36 Å². The summed E-state index contributed by atoms with van der Waals surface area (Å²) in [5.74, 6) is 0.759. The maximum atomic E-state index is 13.5. The molecule has 1 aromatic heterocycles. The molecule has 0 spiro atoms. The molecule has 2 aliphatic heterocycles. The Labute approximate surface area is 240 Å². The number of likely N-dealkylation sites (tertiary alicyclic amines) is 1. The van der Waals surface area contributed by atoms with E-state index in [1.807, 2.05) is 21.6 Å². The molecule has 0 aliphatic carbocycles. The number of hydrogen-bond acceptors (Lipinski definition) is 4. The van der Waals surface area contributed by atoms with E-state index in [-0.39, 0.29) is 11.7 Å². The zero-order chi connectivity index (χ0) is 29.3. The Morgan fingerprint density at radius 3 is 2.17 bits per heavy atom. The number of rotatable bonds is 7. The quantitative estimate of drug-likeness (QED) is 0.324. The lowest BCUT2D eigenvalue weighted by atomic mass is 9.88. The number of piperazine rings is 1. The third-order valence-electron chi connectivity index (χ3n) is 8.41. The largest absolute Gasteiger partial charge is 0.573 e. The van der Waals surface area contributed by atoms with Crippen molar-refractivity contribution in [3.63, 3.8) is 0 Å². The minimum Gasteiger partial charge on any atom is -0.406 e. The van der Waals surface area contributed by atoms with Crippen molar-refractivity contribution in [1.29, 1.82) is 0 Å². The first-order valence-corrected chi connectivity index (χ1v) is 14.8. The molecule has 0 saturated carbocycles. The molecule has 5 rings (SSSR count). The number of fused-ring (bicyclic) bond motifs is 1. The summed E-state index contributed by atoms with van der Waals surface area (Å²) in [5, 5.41) is 1.09. The van der Waals surface area contributed by atoms with E-state index >= 15 is 0 Å². The van der Waals surface area contributed by atoms with Crippen LogP contribution < -0.4 is 4.74 Å². The van der Waals surface area contributed by atoms with Gasteiger partial charge in [-0.25, -0.2) is 0 Å². The Bertz CT molecular complexity index is 1330. The average Bonchev–Trinajstić information content (AvgIpc) is 3.31. The summed E-state index contributed by atoms with van der Waals surface area (Å²) in [6.07, 6.45) is -0.534. The summed E-state index contributed by atoms with van der Waals surface area (Å²) in [4.78, 5) is 20.4. The van der Waals surface area contributed by atoms with E-state index in [1.165, 1.54) is 17.7 Å². The molecule has 0 unspecified atom stereocenters. The summed E-state index contributed by atoms with van der Waals surface area (Å²) in [7, 11) is 0. The Hall–Kier alpha value is -3.04. The molecule has 1 amide bonds. The van der Waals surface area contributed by atoms with E-state index in [2.05, 4.69) is 54.5 Å². The van der Waals surface area contributed by atoms with E-state index in [0.29, 0.717) is 36.5 Å². The fraction of sp³-hybridized carbons (Fsp3) is 0.531. The number of aromatic nitrogens is 1. The van der Waals surface area contributed by atoms with E-state index in [9.17, 15) is 18.0 Å². The molecule has 9 heteroatoms. The van der Waals surface area contributed by atoms with Crippen LogP contribution in [0.15, 0.2) is 48.7 Å². The third-order valence-corrected chi connectivity index (χ3v) is 8.41. The van der Waals surface area contributed by atoms with E-state index in [0.717, 1.165) is 62.2 Å². The first-order valence-electron chi connectivity index (χ1n) is 14.8. The van der Waals surface area contributed by atoms with Crippen LogP contribution in [0.1, 0.15) is 62.4 Å². The summed E-state index contributed by atoms with van der Waals surface area (Å²) in [6.45, 7) is 15.1. The fourth-order valence-electron chi connectivity index (χ4n) is 6.30. The van der Waals surface area contributed by atoms with Gasteiger partial charge in [-0.3, -0.25) is 9.69 Å². The van der Waals surface area contributed by atoms with Gasteiger partial charge in [0.05, 0.1) is 5.52 Å². The minimum absolute atomic E-state index is 0.0144. The molecule has 0 atom stereocenters. The van der Waals surface area contributed by atoms with Gasteiger partial charge in [0.15, 0.2) is 0 Å². The number of alkyl halides is 3. The first-order chi connectivity index (χ1) is 19.5. The van der Waals surface area contributed by atoms with Crippen LogP contribution in [0.4, 0.5) is 13.2 Å². The molecular formula is C32H41F3N4O2. The Morgan fingerprint density at radius 2 is 1.59 bits per heavy atom. The monoisotopic (exact) mass is 570 g/mol. The smallest absolute Gasteiger partial charge is 0.406 e. The normalized spacial score (nSPS) is 18.1. The predicted octanol–water partition coefficient (Wildman–Crippen LogP) is 6.53. The standard InChI is InChI=1S/C32H41F3N4O2/c1-22(2)20-36-13-11-24(12-14-36)29-21-39(26-6-8-27(9-7-26)41-32(33,34)35)30-19-25(5-10-28(29)30)31(40)38-17-15-37(16-18-38)23(3)4/h5-10,19,21-24H,11-18,20H2,1-4H3. The molecule has 2 saturated heterocycles. The molecule has 41 heavy (non-hydrogen) atoms. The van der Waals surface area contributed by atoms with Crippen molar-refractivity contribution in [2.75, 3.05) is 45.8 Å². The van der Waals surface area contributed by atoms with Gasteiger partial charge in [0.1, 0.15) is 5.75 Å². The molecule has 2 aromatic carbocycles. The molecule has 2 aliphatic rings. The highest BCUT2D eigenvalue weighted by atomic mass is 19.4. The number of nitrogens with zero attached hydrogens (tertiary/aromatic N) is 4. The van der Waals surface area contributed by atoms with Crippen LogP contribution in [-0.2, 0) is 0 Å². The van der Waals surface area contributed by atoms with Crippen molar-refractivity contribution >= 4 is 16.8 Å². The molecule has 2 fully saturated rings. The number of ether oxygens (including phenoxy) is 1. The lowest BCUT2D eigenvalue weighted by molar-refractivity contribution is -0.274. The van der Waals surface area contributed by atoms with Gasteiger partial charge in [-0.1, -0.05) is 19.9 Å². The summed E-state index contributed by atoms with van der Waals surface area (Å²) < 4.78 is 44.3. The zero-order valence-corrected chi connectivity index (χ0v) is 24.5. The highest BCUT2D eigenvalue weighted by Crippen LogP contribution is 2.37. The van der Waals surface area contributed by atoms with E-state index in [4.69, 9.17) is 0 Å². The van der Waals surface area contributed by atoms with Crippen molar-refractivity contribution in [3.8, 4) is 11.4 Å². The Kier molecular flexibility index (Phi) is 8.66. The van der Waals surface area contributed by atoms with Crippen molar-refractivity contribution < 1.29 is 22.7 Å². The van der Waals surface area contributed by atoms with E-state index in [1.54, 1.807) is 12.1 Å². The van der Waals surface area contributed by atoms with Gasteiger partial charge in [-0.2, -0.15) is 0 Å². The SMILES string of the molecule is CC(C)CN1CCC(c2cn(-c3ccc(OC(F)(F)F)cc3)c3cc(C(=O)N4CCN(C(C)C)CC4)ccc23)CC1. The zero-order valence-electron chi connectivity index (χ0n) is 24.5. The van der Waals surface area contributed by atoms with Gasteiger partial charge < -0.3 is 19.1 Å². The second kappa shape index (κ2) is 12.1. The van der Waals surface area contributed by atoms with Crippen LogP contribution in [0, 0.1) is 5.92 Å². The molecule has 0 bridgehead atoms. The number of piperidine rings is 1. The Morgan fingerprint density at radius 1 is 0.927 bits per heavy atom. The highest BCUT2D eigenvalue weighted by molar-refractivity contribution is 5.99. The minimum atomic E-state index is -4.74. The number of benzene rings is 2. The van der Waals surface area contributed by atoms with E-state index < -0.39 is 6.36 Å². The van der Waals surface area contributed by atoms with Crippen LogP contribution in [0.25, 0.3) is 16.6 Å². The molecule has 3 heterocycles. The number of amides is 1. The maximum absolute atomic E-state index is 13.5. The van der Waals surface area contributed by atoms with Gasteiger partial charge in [0.2, 0.25) is 0 Å². The fourth-order valence-corrected chi connectivity index (χ4v) is 6.30. The molecule has 3 aromatic rings. The summed E-state index contributed by atoms with van der Waals surface area (Å²) in [6, 6.07) is 12.3. The second-order valence-corrected chi connectivity index (χ2v) is 12.1. The predicted molar refractivity (Wildman–Crippen MR) is 156 cm³/mol. The maximum Gasteiger partial charge on any atom is 0.573 e. The van der Waals surface area contributed by atoms with Gasteiger partial charge in [-0.15, -0.1) is 13.2 Å². The molecule has 0 N–H and O–H groups in total. The lowest BCUT2D eigenvalue weighted by Gasteiger charge is -2.37. The molecular weight excluding hydrogens is 529 g/mol. The van der Waals surface area contributed by atoms with Crippen molar-refractivity contribution in [1.82, 2.24) is 19.3 Å². The topological polar surface area (TPSA) is 41.0 Å². The van der Waals surface area contributed by atoms with Crippen LogP contribution in [-0.4, -0.2) is 83.4 Å². The average molecular weight is 571 g/mol. The van der Waals surface area contributed by atoms with Crippen molar-refractivity contribution in [3.05, 3.63) is 59.8 Å². The Balaban J connectivity index is 1.46. The number of hydrogen-bond donors (Lipinski definition) is 0. The van der Waals surface area contributed by atoms with Gasteiger partial charge in [0, 0.05) is 61.6 Å². The molecule has 0 radical (unpaired) electrons. The van der Waals surface area contributed by atoms with Gasteiger partial charge in [0.25, 0.3) is 5.91 Å². The van der Waals surface area contributed by atoms with Crippen LogP contribution in [0.5, 0.6) is 5.75 Å². The van der Waals surface area contributed by atoms with Crippen LogP contribution in [0.3, 0.4) is 0 Å². The second-order valence-electron chi connectivity index (χ2n) is 12.1. The third kappa shape index (κ3) is 6.89. The van der Waals surface area contributed by atoms with Crippen molar-refractivity contribution in [2.24, 2.45) is 5.92 Å². The van der Waals surface area contributed by atoms with Crippen LogP contribution in [0.2, 0.25) is 0 Å². The highest BCUT2D eigenvalue weighted by Gasteiger charge is 2.31. The van der Waals surface area contributed by atoms with Crippen LogP contribution >= 0.6 is 0 Å². The number of carbonyl (C=O) groups is 1. The summed E-state index contributed by atoms with van der Waals surface area (Å²) >= 11 is 0. The molecule has 6 nitrogen and oxygen atoms in total. The number of halogens is 3. The first kappa shape index (κ1) is 29.5. The lowest BCUT2D eigenvalue weighted by Crippen LogP contribution is -2.50. The number of carbonyl (C=O) groups excluding carboxylic acids is 1. The van der Waals surface area contributed by atoms with Crippen molar-refractivity contribution in [2.45, 2.75) is 58.9 Å². The molecule has 222 valence electrons.